The molecule has 3 heteroatoms. The number of fused-ring (bicyclic) bond motifs is 1. The van der Waals surface area contributed by atoms with Gasteiger partial charge in [0.25, 0.3) is 0 Å². The van der Waals surface area contributed by atoms with E-state index < -0.39 is 6.10 Å². The Hall–Kier alpha value is -1.48. The number of methoxy groups -OCH3 is 2. The van der Waals surface area contributed by atoms with Gasteiger partial charge >= 0.3 is 0 Å². The van der Waals surface area contributed by atoms with Crippen molar-refractivity contribution in [3.63, 3.8) is 0 Å². The molecule has 2 rings (SSSR count). The third kappa shape index (κ3) is 3.10. The number of aliphatic hydroxyl groups is 1. The van der Waals surface area contributed by atoms with E-state index in [0.717, 1.165) is 54.7 Å². The van der Waals surface area contributed by atoms with Gasteiger partial charge in [0.1, 0.15) is 0 Å². The van der Waals surface area contributed by atoms with E-state index in [-0.39, 0.29) is 0 Å². The van der Waals surface area contributed by atoms with Gasteiger partial charge in [-0.1, -0.05) is 24.6 Å². The van der Waals surface area contributed by atoms with Crippen LogP contribution in [0.1, 0.15) is 42.9 Å². The lowest BCUT2D eigenvalue weighted by atomic mass is 9.93. The van der Waals surface area contributed by atoms with Crippen LogP contribution in [-0.4, -0.2) is 19.3 Å². The summed E-state index contributed by atoms with van der Waals surface area (Å²) in [6.07, 6.45) is 8.77. The largest absolute Gasteiger partial charge is 0.493 e. The maximum Gasteiger partial charge on any atom is 0.164 e. The Bertz CT molecular complexity index is 452. The lowest BCUT2D eigenvalue weighted by molar-refractivity contribution is 0.162. The number of allylic oxidation sites excluding steroid dienone is 2. The third-order valence-electron chi connectivity index (χ3n) is 3.63. The summed E-state index contributed by atoms with van der Waals surface area (Å²) in [7, 11) is 3.28. The fourth-order valence-electron chi connectivity index (χ4n) is 2.60. The average Bonchev–Trinajstić information content (AvgIpc) is 2.44. The van der Waals surface area contributed by atoms with Gasteiger partial charge in [0.15, 0.2) is 11.5 Å². The van der Waals surface area contributed by atoms with Gasteiger partial charge in [-0.25, -0.2) is 0 Å². The number of ether oxygens (including phenoxy) is 2. The van der Waals surface area contributed by atoms with Gasteiger partial charge in [0.2, 0.25) is 0 Å². The molecule has 0 aromatic heterocycles. The monoisotopic (exact) mass is 262 g/mol. The fraction of sp³-hybridized carbons (Fsp3) is 0.500. The van der Waals surface area contributed by atoms with Crippen molar-refractivity contribution in [1.29, 1.82) is 0 Å². The van der Waals surface area contributed by atoms with E-state index in [0.29, 0.717) is 0 Å². The minimum Gasteiger partial charge on any atom is -0.493 e. The Labute approximate surface area is 114 Å². The molecule has 1 aliphatic rings. The van der Waals surface area contributed by atoms with E-state index in [1.54, 1.807) is 14.2 Å². The highest BCUT2D eigenvalue weighted by Gasteiger charge is 2.19. The van der Waals surface area contributed by atoms with Gasteiger partial charge in [0, 0.05) is 5.56 Å². The Balaban J connectivity index is 2.47. The molecule has 0 heterocycles. The van der Waals surface area contributed by atoms with E-state index in [1.165, 1.54) is 0 Å². The summed E-state index contributed by atoms with van der Waals surface area (Å²) >= 11 is 0. The molecular weight excluding hydrogens is 240 g/mol. The SMILES string of the molecule is COc1ccc2c(c1OC)C/C=C\CCCCC2O. The Morgan fingerprint density at radius 2 is 1.95 bits per heavy atom. The normalized spacial score (nSPS) is 21.3. The van der Waals surface area contributed by atoms with Crippen LogP contribution in [0, 0.1) is 0 Å². The summed E-state index contributed by atoms with van der Waals surface area (Å²) in [5.41, 5.74) is 2.00. The van der Waals surface area contributed by atoms with Crippen molar-refractivity contribution < 1.29 is 14.6 Å². The summed E-state index contributed by atoms with van der Waals surface area (Å²) in [5.74, 6) is 1.46. The van der Waals surface area contributed by atoms with Crippen molar-refractivity contribution in [3.8, 4) is 11.5 Å². The van der Waals surface area contributed by atoms with Crippen molar-refractivity contribution in [2.24, 2.45) is 0 Å². The summed E-state index contributed by atoms with van der Waals surface area (Å²) < 4.78 is 10.8. The van der Waals surface area contributed by atoms with Crippen molar-refractivity contribution in [3.05, 3.63) is 35.4 Å². The molecule has 3 nitrogen and oxygen atoms in total. The van der Waals surface area contributed by atoms with Gasteiger partial charge in [-0.2, -0.15) is 0 Å². The number of hydrogen-bond acceptors (Lipinski definition) is 3. The number of hydrogen-bond donors (Lipinski definition) is 1. The van der Waals surface area contributed by atoms with Crippen molar-refractivity contribution in [2.45, 2.75) is 38.2 Å². The van der Waals surface area contributed by atoms with Crippen LogP contribution in [0.5, 0.6) is 11.5 Å². The molecule has 0 spiro atoms. The highest BCUT2D eigenvalue weighted by molar-refractivity contribution is 5.52. The first-order chi connectivity index (χ1) is 9.27. The van der Waals surface area contributed by atoms with Crippen LogP contribution in [0.2, 0.25) is 0 Å². The Morgan fingerprint density at radius 3 is 2.68 bits per heavy atom. The van der Waals surface area contributed by atoms with Crippen LogP contribution in [0.15, 0.2) is 24.3 Å². The number of aliphatic hydroxyl groups excluding tert-OH is 1. The highest BCUT2D eigenvalue weighted by Crippen LogP contribution is 2.37. The molecule has 0 amide bonds. The predicted octanol–water partition coefficient (Wildman–Crippen LogP) is 3.41. The lowest BCUT2D eigenvalue weighted by Gasteiger charge is -2.20. The van der Waals surface area contributed by atoms with Crippen LogP contribution < -0.4 is 9.47 Å². The van der Waals surface area contributed by atoms with Crippen molar-refractivity contribution >= 4 is 0 Å². The summed E-state index contributed by atoms with van der Waals surface area (Å²) in [5, 5.41) is 10.3. The topological polar surface area (TPSA) is 38.7 Å². The Morgan fingerprint density at radius 1 is 1.11 bits per heavy atom. The smallest absolute Gasteiger partial charge is 0.164 e. The lowest BCUT2D eigenvalue weighted by Crippen LogP contribution is -2.06. The zero-order chi connectivity index (χ0) is 13.7. The summed E-state index contributed by atoms with van der Waals surface area (Å²) in [6.45, 7) is 0. The quantitative estimate of drug-likeness (QED) is 0.830. The third-order valence-corrected chi connectivity index (χ3v) is 3.63. The van der Waals surface area contributed by atoms with Crippen LogP contribution >= 0.6 is 0 Å². The van der Waals surface area contributed by atoms with E-state index in [2.05, 4.69) is 12.2 Å². The maximum absolute atomic E-state index is 10.3. The van der Waals surface area contributed by atoms with Crippen LogP contribution in [0.25, 0.3) is 0 Å². The second kappa shape index (κ2) is 6.62. The second-order valence-electron chi connectivity index (χ2n) is 4.84. The zero-order valence-corrected chi connectivity index (χ0v) is 11.7. The van der Waals surface area contributed by atoms with E-state index in [1.807, 2.05) is 12.1 Å². The molecule has 1 N–H and O–H groups in total. The predicted molar refractivity (Wildman–Crippen MR) is 75.8 cm³/mol. The Kier molecular flexibility index (Phi) is 4.86. The zero-order valence-electron chi connectivity index (χ0n) is 11.7. The molecule has 1 aliphatic carbocycles. The molecule has 1 aromatic rings. The highest BCUT2D eigenvalue weighted by atomic mass is 16.5. The average molecular weight is 262 g/mol. The molecule has 1 atom stereocenters. The number of rotatable bonds is 2. The molecule has 0 bridgehead atoms. The standard InChI is InChI=1S/C16H22O3/c1-18-15-11-10-12-13(16(15)19-2)8-6-4-3-5-7-9-14(12)17/h4,6,10-11,14,17H,3,5,7-9H2,1-2H3/b6-4-. The molecule has 19 heavy (non-hydrogen) atoms. The molecule has 0 saturated carbocycles. The maximum atomic E-state index is 10.3. The van der Waals surface area contributed by atoms with Crippen molar-refractivity contribution in [2.75, 3.05) is 14.2 Å². The molecule has 0 saturated heterocycles. The summed E-state index contributed by atoms with van der Waals surface area (Å²) in [4.78, 5) is 0. The molecule has 104 valence electrons. The van der Waals surface area contributed by atoms with E-state index in [4.69, 9.17) is 9.47 Å². The first-order valence-corrected chi connectivity index (χ1v) is 6.84. The van der Waals surface area contributed by atoms with E-state index >= 15 is 0 Å². The minimum atomic E-state index is -0.415. The molecule has 1 aromatic carbocycles. The summed E-state index contributed by atoms with van der Waals surface area (Å²) in [6, 6.07) is 3.83. The van der Waals surface area contributed by atoms with Crippen LogP contribution in [0.4, 0.5) is 0 Å². The van der Waals surface area contributed by atoms with Gasteiger partial charge in [0.05, 0.1) is 20.3 Å². The fourth-order valence-corrected chi connectivity index (χ4v) is 2.60. The minimum absolute atomic E-state index is 0.415. The molecule has 0 radical (unpaired) electrons. The van der Waals surface area contributed by atoms with Gasteiger partial charge in [-0.15, -0.1) is 0 Å². The van der Waals surface area contributed by atoms with Gasteiger partial charge in [-0.05, 0) is 37.3 Å². The van der Waals surface area contributed by atoms with Crippen molar-refractivity contribution in [1.82, 2.24) is 0 Å². The second-order valence-corrected chi connectivity index (χ2v) is 4.84. The van der Waals surface area contributed by atoms with Crippen LogP contribution in [0.3, 0.4) is 0 Å². The van der Waals surface area contributed by atoms with Gasteiger partial charge in [-0.3, -0.25) is 0 Å². The number of benzene rings is 1. The molecular formula is C16H22O3. The first-order valence-electron chi connectivity index (χ1n) is 6.84. The molecule has 0 fully saturated rings. The van der Waals surface area contributed by atoms with E-state index in [9.17, 15) is 5.11 Å². The van der Waals surface area contributed by atoms with Gasteiger partial charge < -0.3 is 14.6 Å². The van der Waals surface area contributed by atoms with Crippen LogP contribution in [-0.2, 0) is 6.42 Å². The first kappa shape index (κ1) is 13.9. The molecule has 0 aliphatic heterocycles. The molecule has 1 unspecified atom stereocenters.